The van der Waals surface area contributed by atoms with E-state index in [4.69, 9.17) is 0 Å². The van der Waals surface area contributed by atoms with Gasteiger partial charge in [-0.3, -0.25) is 13.9 Å². The van der Waals surface area contributed by atoms with E-state index in [0.717, 1.165) is 11.0 Å². The molecule has 2 rings (SSSR count). The van der Waals surface area contributed by atoms with Crippen LogP contribution >= 0.6 is 0 Å². The molecule has 0 aromatic carbocycles. The van der Waals surface area contributed by atoms with Crippen molar-refractivity contribution >= 4 is 21.2 Å². The predicted octanol–water partition coefficient (Wildman–Crippen LogP) is -0.388. The lowest BCUT2D eigenvalue weighted by molar-refractivity contribution is 0.575. The highest BCUT2D eigenvalue weighted by Gasteiger charge is 2.13. The first-order valence-corrected chi connectivity index (χ1v) is 9.54. The molecular weight excluding hydrogens is 334 g/mol. The molecule has 10 heteroatoms. The van der Waals surface area contributed by atoms with Crippen molar-refractivity contribution in [3.8, 4) is 0 Å². The van der Waals surface area contributed by atoms with Gasteiger partial charge in [0, 0.05) is 27.1 Å². The molecule has 2 aromatic heterocycles. The van der Waals surface area contributed by atoms with Crippen LogP contribution in [0.5, 0.6) is 0 Å². The van der Waals surface area contributed by atoms with E-state index in [1.807, 2.05) is 6.92 Å². The van der Waals surface area contributed by atoms with Crippen LogP contribution in [-0.4, -0.2) is 39.8 Å². The lowest BCUT2D eigenvalue weighted by atomic mass is 10.3. The van der Waals surface area contributed by atoms with Crippen LogP contribution in [0, 0.1) is 0 Å². The number of H-pyrrole nitrogens is 1. The summed E-state index contributed by atoms with van der Waals surface area (Å²) in [7, 11) is -0.262. The molecule has 0 saturated heterocycles. The summed E-state index contributed by atoms with van der Waals surface area (Å²) in [5.41, 5.74) is -0.277. The maximum atomic E-state index is 12.1. The number of hydrogen-bond acceptors (Lipinski definition) is 5. The number of nitrogens with zero attached hydrogens (tertiary/aromatic N) is 3. The minimum absolute atomic E-state index is 0.131. The van der Waals surface area contributed by atoms with Gasteiger partial charge in [0.1, 0.15) is 11.3 Å². The molecule has 24 heavy (non-hydrogen) atoms. The summed E-state index contributed by atoms with van der Waals surface area (Å²) in [5, 5.41) is 0. The molecule has 2 aromatic rings. The zero-order valence-corrected chi connectivity index (χ0v) is 14.9. The first kappa shape index (κ1) is 18.4. The van der Waals surface area contributed by atoms with E-state index in [1.165, 1.54) is 11.6 Å². The van der Waals surface area contributed by atoms with Gasteiger partial charge in [0.15, 0.2) is 5.65 Å². The highest BCUT2D eigenvalue weighted by molar-refractivity contribution is 7.89. The number of nitrogens with one attached hydrogen (secondary N) is 2. The van der Waals surface area contributed by atoms with Crippen LogP contribution in [0.15, 0.2) is 9.59 Å². The van der Waals surface area contributed by atoms with Gasteiger partial charge in [-0.1, -0.05) is 13.3 Å². The molecule has 0 aliphatic rings. The summed E-state index contributed by atoms with van der Waals surface area (Å²) in [6, 6.07) is 0. The molecular formula is C14H23N5O4S. The zero-order valence-electron chi connectivity index (χ0n) is 14.1. The van der Waals surface area contributed by atoms with E-state index in [2.05, 4.69) is 14.7 Å². The van der Waals surface area contributed by atoms with Gasteiger partial charge in [0.2, 0.25) is 10.0 Å². The van der Waals surface area contributed by atoms with Crippen LogP contribution in [0.1, 0.15) is 32.0 Å². The minimum atomic E-state index is -3.23. The van der Waals surface area contributed by atoms with E-state index in [-0.39, 0.29) is 11.3 Å². The Morgan fingerprint density at radius 1 is 1.17 bits per heavy atom. The van der Waals surface area contributed by atoms with E-state index in [0.29, 0.717) is 37.3 Å². The Morgan fingerprint density at radius 2 is 1.88 bits per heavy atom. The molecule has 0 radical (unpaired) electrons. The lowest BCUT2D eigenvalue weighted by Crippen LogP contribution is -2.36. The molecule has 0 aliphatic carbocycles. The number of sulfonamides is 1. The van der Waals surface area contributed by atoms with Gasteiger partial charge < -0.3 is 4.98 Å². The van der Waals surface area contributed by atoms with Crippen molar-refractivity contribution in [3.63, 3.8) is 0 Å². The van der Waals surface area contributed by atoms with Crippen LogP contribution < -0.4 is 16.0 Å². The standard InChI is InChI=1S/C14H23N5O4S/c1-4-5-9-24(22,23)15-8-6-7-10-16-11-12(17-10)18(2)14(21)19(3)13(11)20/h15H,4-9H2,1-3H3,(H,16,17). The third-order valence-electron chi connectivity index (χ3n) is 3.82. The Kier molecular flexibility index (Phi) is 5.60. The summed E-state index contributed by atoms with van der Waals surface area (Å²) in [4.78, 5) is 31.1. The molecule has 0 spiro atoms. The van der Waals surface area contributed by atoms with E-state index >= 15 is 0 Å². The molecule has 0 bridgehead atoms. The van der Waals surface area contributed by atoms with Crippen molar-refractivity contribution < 1.29 is 8.42 Å². The first-order valence-electron chi connectivity index (χ1n) is 7.88. The fourth-order valence-corrected chi connectivity index (χ4v) is 3.65. The van der Waals surface area contributed by atoms with Crippen molar-refractivity contribution in [2.24, 2.45) is 14.1 Å². The zero-order chi connectivity index (χ0) is 17.9. The van der Waals surface area contributed by atoms with Crippen molar-refractivity contribution in [1.29, 1.82) is 0 Å². The molecule has 0 fully saturated rings. The van der Waals surface area contributed by atoms with Gasteiger partial charge in [-0.05, 0) is 12.8 Å². The van der Waals surface area contributed by atoms with Gasteiger partial charge in [-0.2, -0.15) is 0 Å². The van der Waals surface area contributed by atoms with Crippen molar-refractivity contribution in [1.82, 2.24) is 23.8 Å². The van der Waals surface area contributed by atoms with Gasteiger partial charge in [0.05, 0.1) is 5.75 Å². The number of aromatic amines is 1. The van der Waals surface area contributed by atoms with E-state index in [9.17, 15) is 18.0 Å². The second-order valence-corrected chi connectivity index (χ2v) is 7.68. The Hall–Kier alpha value is -1.94. The number of hydrogen-bond donors (Lipinski definition) is 2. The van der Waals surface area contributed by atoms with Gasteiger partial charge >= 0.3 is 5.69 Å². The Bertz CT molecular complexity index is 938. The monoisotopic (exact) mass is 357 g/mol. The second-order valence-electron chi connectivity index (χ2n) is 5.76. The molecule has 134 valence electrons. The van der Waals surface area contributed by atoms with Crippen LogP contribution in [-0.2, 0) is 30.5 Å². The highest BCUT2D eigenvalue weighted by atomic mass is 32.2. The molecule has 0 atom stereocenters. The van der Waals surface area contributed by atoms with E-state index < -0.39 is 21.3 Å². The fourth-order valence-electron chi connectivity index (χ4n) is 2.38. The quantitative estimate of drug-likeness (QED) is 0.624. The molecule has 2 N–H and O–H groups in total. The predicted molar refractivity (Wildman–Crippen MR) is 91.6 cm³/mol. The fraction of sp³-hybridized carbons (Fsp3) is 0.643. The van der Waals surface area contributed by atoms with Gasteiger partial charge in [0.25, 0.3) is 5.56 Å². The Morgan fingerprint density at radius 3 is 2.54 bits per heavy atom. The van der Waals surface area contributed by atoms with Crippen molar-refractivity contribution in [2.45, 2.75) is 32.6 Å². The first-order chi connectivity index (χ1) is 11.3. The number of aromatic nitrogens is 4. The highest BCUT2D eigenvalue weighted by Crippen LogP contribution is 2.06. The Labute approximate surface area is 139 Å². The van der Waals surface area contributed by atoms with Crippen molar-refractivity contribution in [3.05, 3.63) is 26.7 Å². The number of aryl methyl sites for hydroxylation is 2. The topological polar surface area (TPSA) is 119 Å². The maximum absolute atomic E-state index is 12.1. The summed E-state index contributed by atoms with van der Waals surface area (Å²) in [5.74, 6) is 0.683. The number of imidazole rings is 1. The average Bonchev–Trinajstić information content (AvgIpc) is 2.97. The molecule has 0 amide bonds. The van der Waals surface area contributed by atoms with Gasteiger partial charge in [-0.25, -0.2) is 22.9 Å². The van der Waals surface area contributed by atoms with Crippen LogP contribution in [0.3, 0.4) is 0 Å². The van der Waals surface area contributed by atoms with E-state index in [1.54, 1.807) is 7.05 Å². The minimum Gasteiger partial charge on any atom is -0.336 e. The summed E-state index contributed by atoms with van der Waals surface area (Å²) in [6.45, 7) is 2.24. The molecule has 0 saturated carbocycles. The second kappa shape index (κ2) is 7.31. The van der Waals surface area contributed by atoms with Crippen LogP contribution in [0.4, 0.5) is 0 Å². The largest absolute Gasteiger partial charge is 0.336 e. The molecule has 2 heterocycles. The number of unbranched alkanes of at least 4 members (excludes halogenated alkanes) is 1. The molecule has 9 nitrogen and oxygen atoms in total. The SMILES string of the molecule is CCCCS(=O)(=O)NCCCc1nc2c([nH]1)c(=O)n(C)c(=O)n2C. The summed E-state index contributed by atoms with van der Waals surface area (Å²) >= 11 is 0. The van der Waals surface area contributed by atoms with Gasteiger partial charge in [-0.15, -0.1) is 0 Å². The van der Waals surface area contributed by atoms with Crippen LogP contribution in [0.25, 0.3) is 11.2 Å². The number of rotatable bonds is 8. The van der Waals surface area contributed by atoms with Crippen LogP contribution in [0.2, 0.25) is 0 Å². The third-order valence-corrected chi connectivity index (χ3v) is 5.29. The summed E-state index contributed by atoms with van der Waals surface area (Å²) in [6.07, 6.45) is 2.48. The average molecular weight is 357 g/mol. The Balaban J connectivity index is 2.05. The summed E-state index contributed by atoms with van der Waals surface area (Å²) < 4.78 is 28.3. The smallest absolute Gasteiger partial charge is 0.332 e. The molecule has 0 aliphatic heterocycles. The lowest BCUT2D eigenvalue weighted by Gasteiger charge is -2.04. The molecule has 0 unspecified atom stereocenters. The third kappa shape index (κ3) is 3.93. The number of fused-ring (bicyclic) bond motifs is 1. The van der Waals surface area contributed by atoms with Crippen molar-refractivity contribution in [2.75, 3.05) is 12.3 Å². The maximum Gasteiger partial charge on any atom is 0.332 e. The normalized spacial score (nSPS) is 12.1.